The van der Waals surface area contributed by atoms with Crippen LogP contribution in [0.1, 0.15) is 27.0 Å². The summed E-state index contributed by atoms with van der Waals surface area (Å²) in [7, 11) is 1.71. The van der Waals surface area contributed by atoms with Crippen LogP contribution in [0, 0.1) is 13.8 Å². The summed E-state index contributed by atoms with van der Waals surface area (Å²) in [6.45, 7) is 4.33. The number of likely N-dealkylation sites (N-methyl/N-ethyl adjacent to an activating group) is 1. The summed E-state index contributed by atoms with van der Waals surface area (Å²) in [5.41, 5.74) is 4.61. The topological polar surface area (TPSA) is 67.2 Å². The minimum absolute atomic E-state index is 0.0465. The highest BCUT2D eigenvalue weighted by atomic mass is 16.2. The molecule has 6 heteroatoms. The number of nitrogens with zero attached hydrogens (tertiary/aromatic N) is 3. The Morgan fingerprint density at radius 1 is 1.07 bits per heavy atom. The van der Waals surface area contributed by atoms with E-state index in [4.69, 9.17) is 0 Å². The summed E-state index contributed by atoms with van der Waals surface area (Å²) in [4.78, 5) is 26.2. The maximum atomic E-state index is 12.4. The van der Waals surface area contributed by atoms with Crippen molar-refractivity contribution in [1.82, 2.24) is 20.0 Å². The summed E-state index contributed by atoms with van der Waals surface area (Å²) < 4.78 is 1.77. The van der Waals surface area contributed by atoms with Crippen molar-refractivity contribution >= 4 is 11.8 Å². The van der Waals surface area contributed by atoms with Gasteiger partial charge in [0.1, 0.15) is 0 Å². The number of aryl methyl sites for hydroxylation is 2. The van der Waals surface area contributed by atoms with Crippen molar-refractivity contribution in [2.75, 3.05) is 13.6 Å². The first-order chi connectivity index (χ1) is 13.4. The molecular formula is C22H24N4O2. The summed E-state index contributed by atoms with van der Waals surface area (Å²) in [5.74, 6) is -0.411. The van der Waals surface area contributed by atoms with Gasteiger partial charge in [0.15, 0.2) is 0 Å². The maximum absolute atomic E-state index is 12.4. The number of carbonyl (C=O) groups is 2. The standard InChI is InChI=1S/C22H24N4O2/c1-16-9-10-19(11-17(16)2)22(28)23-13-21(27)25(3)14-18-12-24-26(15-18)20-7-5-4-6-8-20/h4-12,15H,13-14H2,1-3H3,(H,23,28). The fraction of sp³-hybridized carbons (Fsp3) is 0.227. The SMILES string of the molecule is Cc1ccc(C(=O)NCC(=O)N(C)Cc2cnn(-c3ccccc3)c2)cc1C. The minimum atomic E-state index is -0.248. The molecule has 3 rings (SSSR count). The zero-order valence-electron chi connectivity index (χ0n) is 16.3. The zero-order chi connectivity index (χ0) is 20.1. The molecule has 0 aliphatic rings. The van der Waals surface area contributed by atoms with Crippen LogP contribution in [0.2, 0.25) is 0 Å². The number of benzene rings is 2. The molecule has 0 atom stereocenters. The lowest BCUT2D eigenvalue weighted by Crippen LogP contribution is -2.37. The van der Waals surface area contributed by atoms with E-state index in [-0.39, 0.29) is 18.4 Å². The molecule has 1 heterocycles. The van der Waals surface area contributed by atoms with Crippen molar-refractivity contribution in [3.63, 3.8) is 0 Å². The van der Waals surface area contributed by atoms with E-state index in [1.54, 1.807) is 28.9 Å². The van der Waals surface area contributed by atoms with Crippen molar-refractivity contribution in [2.24, 2.45) is 0 Å². The molecule has 1 N–H and O–H groups in total. The van der Waals surface area contributed by atoms with Gasteiger partial charge in [-0.3, -0.25) is 9.59 Å². The van der Waals surface area contributed by atoms with E-state index in [1.165, 1.54) is 0 Å². The van der Waals surface area contributed by atoms with Gasteiger partial charge in [0, 0.05) is 30.9 Å². The summed E-state index contributed by atoms with van der Waals surface area (Å²) >= 11 is 0. The third-order valence-electron chi connectivity index (χ3n) is 4.67. The second-order valence-corrected chi connectivity index (χ2v) is 6.86. The van der Waals surface area contributed by atoms with Crippen LogP contribution >= 0.6 is 0 Å². The molecule has 0 saturated carbocycles. The number of aromatic nitrogens is 2. The molecule has 28 heavy (non-hydrogen) atoms. The van der Waals surface area contributed by atoms with Crippen LogP contribution in [0.25, 0.3) is 5.69 Å². The first-order valence-electron chi connectivity index (χ1n) is 9.12. The highest BCUT2D eigenvalue weighted by Crippen LogP contribution is 2.10. The lowest BCUT2D eigenvalue weighted by Gasteiger charge is -2.16. The molecule has 0 aliphatic heterocycles. The van der Waals surface area contributed by atoms with Gasteiger partial charge in [0.25, 0.3) is 5.91 Å². The maximum Gasteiger partial charge on any atom is 0.251 e. The van der Waals surface area contributed by atoms with E-state index in [2.05, 4.69) is 10.4 Å². The molecule has 1 aromatic heterocycles. The molecule has 6 nitrogen and oxygen atoms in total. The van der Waals surface area contributed by atoms with Crippen LogP contribution < -0.4 is 5.32 Å². The van der Waals surface area contributed by atoms with Crippen molar-refractivity contribution < 1.29 is 9.59 Å². The highest BCUT2D eigenvalue weighted by Gasteiger charge is 2.13. The summed E-state index contributed by atoms with van der Waals surface area (Å²) in [6, 6.07) is 15.3. The Morgan fingerprint density at radius 3 is 2.54 bits per heavy atom. The molecule has 144 valence electrons. The Morgan fingerprint density at radius 2 is 1.82 bits per heavy atom. The second kappa shape index (κ2) is 8.52. The normalized spacial score (nSPS) is 10.5. The van der Waals surface area contributed by atoms with Crippen LogP contribution in [0.5, 0.6) is 0 Å². The molecule has 2 amide bonds. The number of hydrogen-bond acceptors (Lipinski definition) is 3. The lowest BCUT2D eigenvalue weighted by molar-refractivity contribution is -0.129. The van der Waals surface area contributed by atoms with Gasteiger partial charge >= 0.3 is 0 Å². The fourth-order valence-corrected chi connectivity index (χ4v) is 2.80. The first-order valence-corrected chi connectivity index (χ1v) is 9.12. The number of carbonyl (C=O) groups excluding carboxylic acids is 2. The van der Waals surface area contributed by atoms with E-state index in [1.807, 2.05) is 62.5 Å². The molecule has 0 spiro atoms. The third-order valence-corrected chi connectivity index (χ3v) is 4.67. The van der Waals surface area contributed by atoms with Gasteiger partial charge in [-0.1, -0.05) is 24.3 Å². The Balaban J connectivity index is 1.54. The van der Waals surface area contributed by atoms with Crippen molar-refractivity contribution in [3.05, 3.63) is 83.2 Å². The van der Waals surface area contributed by atoms with Gasteiger partial charge in [0.2, 0.25) is 5.91 Å². The number of hydrogen-bond donors (Lipinski definition) is 1. The van der Waals surface area contributed by atoms with Crippen LogP contribution in [0.4, 0.5) is 0 Å². The smallest absolute Gasteiger partial charge is 0.251 e. The minimum Gasteiger partial charge on any atom is -0.343 e. The Labute approximate surface area is 164 Å². The van der Waals surface area contributed by atoms with Crippen LogP contribution in [-0.2, 0) is 11.3 Å². The molecule has 0 aliphatic carbocycles. The quantitative estimate of drug-likeness (QED) is 0.719. The fourth-order valence-electron chi connectivity index (χ4n) is 2.80. The molecule has 0 fully saturated rings. The molecule has 0 saturated heterocycles. The van der Waals surface area contributed by atoms with Gasteiger partial charge < -0.3 is 10.2 Å². The van der Waals surface area contributed by atoms with Crippen molar-refractivity contribution in [1.29, 1.82) is 0 Å². The predicted octanol–water partition coefficient (Wildman–Crippen LogP) is 2.88. The second-order valence-electron chi connectivity index (χ2n) is 6.86. The highest BCUT2D eigenvalue weighted by molar-refractivity contribution is 5.96. The molecule has 0 radical (unpaired) electrons. The van der Waals surface area contributed by atoms with E-state index >= 15 is 0 Å². The van der Waals surface area contributed by atoms with Crippen molar-refractivity contribution in [2.45, 2.75) is 20.4 Å². The molecule has 0 unspecified atom stereocenters. The first kappa shape index (κ1) is 19.4. The van der Waals surface area contributed by atoms with Crippen molar-refractivity contribution in [3.8, 4) is 5.69 Å². The average molecular weight is 376 g/mol. The lowest BCUT2D eigenvalue weighted by atomic mass is 10.1. The Hall–Kier alpha value is -3.41. The predicted molar refractivity (Wildman–Crippen MR) is 108 cm³/mol. The summed E-state index contributed by atoms with van der Waals surface area (Å²) in [6.07, 6.45) is 3.64. The third kappa shape index (κ3) is 4.65. The number of para-hydroxylation sites is 1. The average Bonchev–Trinajstić information content (AvgIpc) is 3.17. The number of rotatable bonds is 6. The van der Waals surface area contributed by atoms with Gasteiger partial charge in [-0.15, -0.1) is 0 Å². The Kier molecular flexibility index (Phi) is 5.89. The van der Waals surface area contributed by atoms with Gasteiger partial charge in [0.05, 0.1) is 18.4 Å². The monoisotopic (exact) mass is 376 g/mol. The van der Waals surface area contributed by atoms with E-state index in [0.29, 0.717) is 12.1 Å². The van der Waals surface area contributed by atoms with Gasteiger partial charge in [-0.25, -0.2) is 4.68 Å². The number of amides is 2. The largest absolute Gasteiger partial charge is 0.343 e. The summed E-state index contributed by atoms with van der Waals surface area (Å²) in [5, 5.41) is 7.03. The van der Waals surface area contributed by atoms with Crippen LogP contribution in [0.15, 0.2) is 60.9 Å². The molecule has 0 bridgehead atoms. The van der Waals surface area contributed by atoms with E-state index in [9.17, 15) is 9.59 Å². The number of nitrogens with one attached hydrogen (secondary N) is 1. The van der Waals surface area contributed by atoms with Gasteiger partial charge in [-0.05, 0) is 49.2 Å². The molecule has 3 aromatic rings. The van der Waals surface area contributed by atoms with E-state index in [0.717, 1.165) is 22.4 Å². The van der Waals surface area contributed by atoms with Crippen LogP contribution in [-0.4, -0.2) is 40.1 Å². The molecular weight excluding hydrogens is 352 g/mol. The van der Waals surface area contributed by atoms with E-state index < -0.39 is 0 Å². The van der Waals surface area contributed by atoms with Gasteiger partial charge in [-0.2, -0.15) is 5.10 Å². The van der Waals surface area contributed by atoms with Crippen LogP contribution in [0.3, 0.4) is 0 Å². The molecule has 2 aromatic carbocycles. The zero-order valence-corrected chi connectivity index (χ0v) is 16.3. The Bertz CT molecular complexity index is 979.